The summed E-state index contributed by atoms with van der Waals surface area (Å²) < 4.78 is 31.9. The number of nitrogens with zero attached hydrogens (tertiary/aromatic N) is 2. The second-order valence-corrected chi connectivity index (χ2v) is 6.90. The Bertz CT molecular complexity index is 531. The zero-order valence-electron chi connectivity index (χ0n) is 11.0. The zero-order valence-corrected chi connectivity index (χ0v) is 12.5. The predicted octanol–water partition coefficient (Wildman–Crippen LogP) is 1.19. The fourth-order valence-corrected chi connectivity index (χ4v) is 4.13. The summed E-state index contributed by atoms with van der Waals surface area (Å²) in [5, 5.41) is 6.38. The Hall–Kier alpha value is -0.630. The largest absolute Gasteiger partial charge is 0.380 e. The van der Waals surface area contributed by atoms with E-state index >= 15 is 0 Å². The van der Waals surface area contributed by atoms with E-state index in [0.717, 1.165) is 6.42 Å². The first kappa shape index (κ1) is 14.8. The SMILES string of the molecule is COC1CN(S(=O)(=O)c2[nH]ncc2CCl)CCC1C. The van der Waals surface area contributed by atoms with Gasteiger partial charge in [0, 0.05) is 25.8 Å². The number of hydrogen-bond donors (Lipinski definition) is 1. The zero-order chi connectivity index (χ0) is 14.0. The summed E-state index contributed by atoms with van der Waals surface area (Å²) in [7, 11) is -1.97. The molecule has 0 bridgehead atoms. The molecule has 0 radical (unpaired) electrons. The highest BCUT2D eigenvalue weighted by Crippen LogP contribution is 2.26. The third kappa shape index (κ3) is 2.79. The Labute approximate surface area is 118 Å². The highest BCUT2D eigenvalue weighted by Gasteiger charge is 2.35. The van der Waals surface area contributed by atoms with Crippen molar-refractivity contribution in [2.75, 3.05) is 20.2 Å². The number of hydrogen-bond acceptors (Lipinski definition) is 4. The van der Waals surface area contributed by atoms with Crippen molar-refractivity contribution in [3.05, 3.63) is 11.8 Å². The normalized spacial score (nSPS) is 25.6. The Kier molecular flexibility index (Phi) is 4.50. The number of sulfonamides is 1. The summed E-state index contributed by atoms with van der Waals surface area (Å²) >= 11 is 5.73. The van der Waals surface area contributed by atoms with Crippen LogP contribution >= 0.6 is 11.6 Å². The van der Waals surface area contributed by atoms with Gasteiger partial charge in [-0.3, -0.25) is 5.10 Å². The van der Waals surface area contributed by atoms with Crippen LogP contribution in [0.4, 0.5) is 0 Å². The molecule has 1 aliphatic rings. The number of piperidine rings is 1. The number of ether oxygens (including phenoxy) is 1. The Morgan fingerprint density at radius 3 is 3.00 bits per heavy atom. The first-order valence-electron chi connectivity index (χ1n) is 6.11. The van der Waals surface area contributed by atoms with Crippen LogP contribution < -0.4 is 0 Å². The highest BCUT2D eigenvalue weighted by atomic mass is 35.5. The lowest BCUT2D eigenvalue weighted by atomic mass is 9.97. The number of aromatic nitrogens is 2. The quantitative estimate of drug-likeness (QED) is 0.848. The molecule has 1 aliphatic heterocycles. The first-order chi connectivity index (χ1) is 9.00. The molecule has 0 saturated carbocycles. The van der Waals surface area contributed by atoms with Crippen molar-refractivity contribution in [2.45, 2.75) is 30.4 Å². The van der Waals surface area contributed by atoms with Gasteiger partial charge in [-0.1, -0.05) is 6.92 Å². The van der Waals surface area contributed by atoms with E-state index < -0.39 is 10.0 Å². The van der Waals surface area contributed by atoms with Crippen molar-refractivity contribution < 1.29 is 13.2 Å². The topological polar surface area (TPSA) is 75.3 Å². The second kappa shape index (κ2) is 5.78. The van der Waals surface area contributed by atoms with Crippen molar-refractivity contribution in [3.63, 3.8) is 0 Å². The number of methoxy groups -OCH3 is 1. The van der Waals surface area contributed by atoms with Crippen molar-refractivity contribution in [1.82, 2.24) is 14.5 Å². The number of rotatable bonds is 4. The molecule has 8 heteroatoms. The summed E-state index contributed by atoms with van der Waals surface area (Å²) in [6.07, 6.45) is 2.15. The van der Waals surface area contributed by atoms with E-state index in [1.165, 1.54) is 10.5 Å². The van der Waals surface area contributed by atoms with Crippen molar-refractivity contribution in [2.24, 2.45) is 5.92 Å². The summed E-state index contributed by atoms with van der Waals surface area (Å²) in [6.45, 7) is 2.92. The van der Waals surface area contributed by atoms with Gasteiger partial charge in [0.15, 0.2) is 5.03 Å². The minimum Gasteiger partial charge on any atom is -0.380 e. The van der Waals surface area contributed by atoms with E-state index in [1.54, 1.807) is 7.11 Å². The smallest absolute Gasteiger partial charge is 0.260 e. The maximum Gasteiger partial charge on any atom is 0.260 e. The summed E-state index contributed by atoms with van der Waals surface area (Å²) in [4.78, 5) is 0. The lowest BCUT2D eigenvalue weighted by Gasteiger charge is -2.35. The van der Waals surface area contributed by atoms with Crippen LogP contribution in [0.5, 0.6) is 0 Å². The van der Waals surface area contributed by atoms with Crippen LogP contribution in [0.2, 0.25) is 0 Å². The van der Waals surface area contributed by atoms with E-state index in [4.69, 9.17) is 16.3 Å². The van der Waals surface area contributed by atoms with Gasteiger partial charge in [0.1, 0.15) is 0 Å². The first-order valence-corrected chi connectivity index (χ1v) is 8.09. The van der Waals surface area contributed by atoms with Gasteiger partial charge in [0.25, 0.3) is 10.0 Å². The fourth-order valence-electron chi connectivity index (χ4n) is 2.28. The second-order valence-electron chi connectivity index (χ2n) is 4.76. The Morgan fingerprint density at radius 2 is 2.37 bits per heavy atom. The van der Waals surface area contributed by atoms with E-state index in [2.05, 4.69) is 17.1 Å². The molecule has 1 fully saturated rings. The van der Waals surface area contributed by atoms with Crippen molar-refractivity contribution >= 4 is 21.6 Å². The van der Waals surface area contributed by atoms with Gasteiger partial charge in [-0.05, 0) is 12.3 Å². The maximum absolute atomic E-state index is 12.5. The number of alkyl halides is 1. The number of H-pyrrole nitrogens is 1. The summed E-state index contributed by atoms with van der Waals surface area (Å²) in [5.41, 5.74) is 0.495. The molecule has 108 valence electrons. The minimum absolute atomic E-state index is 0.0779. The third-order valence-corrected chi connectivity index (χ3v) is 5.74. The van der Waals surface area contributed by atoms with Gasteiger partial charge < -0.3 is 4.74 Å². The molecule has 1 saturated heterocycles. The van der Waals surface area contributed by atoms with Gasteiger partial charge in [-0.2, -0.15) is 9.40 Å². The lowest BCUT2D eigenvalue weighted by Crippen LogP contribution is -2.46. The van der Waals surface area contributed by atoms with Gasteiger partial charge >= 0.3 is 0 Å². The maximum atomic E-state index is 12.5. The third-order valence-electron chi connectivity index (χ3n) is 3.57. The molecule has 1 aromatic heterocycles. The van der Waals surface area contributed by atoms with Gasteiger partial charge in [-0.25, -0.2) is 8.42 Å². The molecule has 1 N–H and O–H groups in total. The molecule has 6 nitrogen and oxygen atoms in total. The molecular weight excluding hydrogens is 290 g/mol. The van der Waals surface area contributed by atoms with E-state index in [1.807, 2.05) is 0 Å². The van der Waals surface area contributed by atoms with Gasteiger partial charge in [-0.15, -0.1) is 11.6 Å². The van der Waals surface area contributed by atoms with E-state index in [9.17, 15) is 8.42 Å². The van der Waals surface area contributed by atoms with Crippen molar-refractivity contribution in [3.8, 4) is 0 Å². The summed E-state index contributed by atoms with van der Waals surface area (Å²) in [6, 6.07) is 0. The average Bonchev–Trinajstić information content (AvgIpc) is 2.88. The molecule has 2 unspecified atom stereocenters. The standard InChI is InChI=1S/C11H18ClN3O3S/c1-8-3-4-15(7-10(8)18-2)19(16,17)11-9(5-12)6-13-14-11/h6,8,10H,3-5,7H2,1-2H3,(H,13,14). The molecule has 0 spiro atoms. The van der Waals surface area contributed by atoms with Crippen LogP contribution in [-0.2, 0) is 20.6 Å². The number of halogens is 1. The van der Waals surface area contributed by atoms with Gasteiger partial charge in [0.2, 0.25) is 0 Å². The van der Waals surface area contributed by atoms with Crippen LogP contribution in [0, 0.1) is 5.92 Å². The molecule has 0 aromatic carbocycles. The monoisotopic (exact) mass is 307 g/mol. The lowest BCUT2D eigenvalue weighted by molar-refractivity contribution is 0.0183. The average molecular weight is 308 g/mol. The molecule has 0 aliphatic carbocycles. The number of nitrogens with one attached hydrogen (secondary N) is 1. The molecule has 1 aromatic rings. The highest BCUT2D eigenvalue weighted by molar-refractivity contribution is 7.89. The molecule has 0 amide bonds. The van der Waals surface area contributed by atoms with Crippen molar-refractivity contribution in [1.29, 1.82) is 0 Å². The summed E-state index contributed by atoms with van der Waals surface area (Å²) in [5.74, 6) is 0.467. The van der Waals surface area contributed by atoms with Crippen LogP contribution in [0.25, 0.3) is 0 Å². The Balaban J connectivity index is 2.25. The van der Waals surface area contributed by atoms with E-state index in [0.29, 0.717) is 24.6 Å². The predicted molar refractivity (Wildman–Crippen MR) is 71.5 cm³/mol. The van der Waals surface area contributed by atoms with Crippen LogP contribution in [0.3, 0.4) is 0 Å². The van der Waals surface area contributed by atoms with Crippen LogP contribution in [-0.4, -0.2) is 49.2 Å². The molecule has 2 atom stereocenters. The minimum atomic E-state index is -3.58. The van der Waals surface area contributed by atoms with Crippen LogP contribution in [0.15, 0.2) is 11.2 Å². The number of aromatic amines is 1. The molecule has 2 heterocycles. The molecule has 2 rings (SSSR count). The van der Waals surface area contributed by atoms with E-state index in [-0.39, 0.29) is 17.0 Å². The molecule has 19 heavy (non-hydrogen) atoms. The molecular formula is C11H18ClN3O3S. The van der Waals surface area contributed by atoms with Gasteiger partial charge in [0.05, 0.1) is 18.2 Å². The Morgan fingerprint density at radius 1 is 1.63 bits per heavy atom. The van der Waals surface area contributed by atoms with Crippen LogP contribution in [0.1, 0.15) is 18.9 Å². The fraction of sp³-hybridized carbons (Fsp3) is 0.727.